The van der Waals surface area contributed by atoms with Crippen LogP contribution < -0.4 is 15.4 Å². The number of amides is 1. The third-order valence-corrected chi connectivity index (χ3v) is 9.08. The number of methoxy groups -OCH3 is 2. The summed E-state index contributed by atoms with van der Waals surface area (Å²) >= 11 is 1.39. The van der Waals surface area contributed by atoms with E-state index in [-0.39, 0.29) is 22.0 Å². The zero-order valence-corrected chi connectivity index (χ0v) is 22.0. The summed E-state index contributed by atoms with van der Waals surface area (Å²) in [6.45, 7) is 1.68. The van der Waals surface area contributed by atoms with Crippen molar-refractivity contribution in [2.75, 3.05) is 31.4 Å². The quantitative estimate of drug-likeness (QED) is 0.411. The first-order chi connectivity index (χ1) is 17.2. The summed E-state index contributed by atoms with van der Waals surface area (Å²) in [6, 6.07) is 11.2. The molecule has 1 aliphatic carbocycles. The van der Waals surface area contributed by atoms with E-state index in [0.717, 1.165) is 41.7 Å². The van der Waals surface area contributed by atoms with Gasteiger partial charge in [-0.05, 0) is 62.4 Å². The molecule has 0 bridgehead atoms. The Kier molecular flexibility index (Phi) is 7.65. The van der Waals surface area contributed by atoms with Gasteiger partial charge in [0.25, 0.3) is 0 Å². The van der Waals surface area contributed by atoms with E-state index in [1.54, 1.807) is 36.4 Å². The van der Waals surface area contributed by atoms with E-state index in [1.165, 1.54) is 31.6 Å². The summed E-state index contributed by atoms with van der Waals surface area (Å²) in [6.07, 6.45) is 3.66. The monoisotopic (exact) mass is 528 g/mol. The van der Waals surface area contributed by atoms with E-state index in [4.69, 9.17) is 9.47 Å². The van der Waals surface area contributed by atoms with Crippen molar-refractivity contribution in [2.24, 2.45) is 0 Å². The topological polar surface area (TPSA) is 111 Å². The highest BCUT2D eigenvalue weighted by molar-refractivity contribution is 7.91. The number of aryl methyl sites for hydroxylation is 2. The standard InChI is InChI=1S/C26H28N2O6S2/c1-16-8-11-18(12-9-16)36(31,32)22-14-17(33-2)10-13-20(22)27-15-23(29)28-25-24(26(30)34-3)19-6-4-5-7-21(19)35-25/h8-14,27H,4-7,15H2,1-3H3,(H,28,29). The van der Waals surface area contributed by atoms with Crippen LogP contribution in [0.15, 0.2) is 52.3 Å². The Hall–Kier alpha value is -3.37. The second kappa shape index (κ2) is 10.7. The van der Waals surface area contributed by atoms with E-state index in [0.29, 0.717) is 16.3 Å². The molecular weight excluding hydrogens is 500 g/mol. The van der Waals surface area contributed by atoms with Gasteiger partial charge >= 0.3 is 5.97 Å². The average molecular weight is 529 g/mol. The van der Waals surface area contributed by atoms with Gasteiger partial charge in [0.2, 0.25) is 15.7 Å². The summed E-state index contributed by atoms with van der Waals surface area (Å²) in [7, 11) is -1.11. The van der Waals surface area contributed by atoms with E-state index in [2.05, 4.69) is 10.6 Å². The van der Waals surface area contributed by atoms with Gasteiger partial charge in [-0.25, -0.2) is 13.2 Å². The van der Waals surface area contributed by atoms with Crippen LogP contribution in [0.25, 0.3) is 0 Å². The van der Waals surface area contributed by atoms with Crippen molar-refractivity contribution in [3.63, 3.8) is 0 Å². The predicted octanol–water partition coefficient (Wildman–Crippen LogP) is 4.61. The average Bonchev–Trinajstić information content (AvgIpc) is 3.24. The lowest BCUT2D eigenvalue weighted by atomic mass is 9.95. The molecule has 4 rings (SSSR count). The molecule has 2 N–H and O–H groups in total. The number of anilines is 2. The number of carbonyl (C=O) groups is 2. The van der Waals surface area contributed by atoms with Gasteiger partial charge in [0, 0.05) is 10.9 Å². The highest BCUT2D eigenvalue weighted by Crippen LogP contribution is 2.38. The van der Waals surface area contributed by atoms with Crippen LogP contribution in [0.2, 0.25) is 0 Å². The van der Waals surface area contributed by atoms with Crippen molar-refractivity contribution in [1.29, 1.82) is 0 Å². The maximum Gasteiger partial charge on any atom is 0.341 e. The lowest BCUT2D eigenvalue weighted by molar-refractivity contribution is -0.114. The number of esters is 1. The van der Waals surface area contributed by atoms with Crippen LogP contribution in [0, 0.1) is 6.92 Å². The van der Waals surface area contributed by atoms with Crippen molar-refractivity contribution in [1.82, 2.24) is 0 Å². The molecule has 0 unspecified atom stereocenters. The van der Waals surface area contributed by atoms with Crippen molar-refractivity contribution in [2.45, 2.75) is 42.4 Å². The first-order valence-corrected chi connectivity index (χ1v) is 13.8. The van der Waals surface area contributed by atoms with Crippen LogP contribution in [0.1, 0.15) is 39.2 Å². The van der Waals surface area contributed by atoms with Crippen molar-refractivity contribution in [3.05, 3.63) is 64.0 Å². The Balaban J connectivity index is 1.57. The van der Waals surface area contributed by atoms with Gasteiger partial charge in [0.15, 0.2) is 0 Å². The second-order valence-electron chi connectivity index (χ2n) is 8.49. The maximum absolute atomic E-state index is 13.4. The highest BCUT2D eigenvalue weighted by atomic mass is 32.2. The molecule has 36 heavy (non-hydrogen) atoms. The molecule has 8 nitrogen and oxygen atoms in total. The van der Waals surface area contributed by atoms with E-state index >= 15 is 0 Å². The Labute approximate surface area is 214 Å². The molecule has 0 atom stereocenters. The lowest BCUT2D eigenvalue weighted by Crippen LogP contribution is -2.23. The molecule has 10 heteroatoms. The molecule has 1 aromatic heterocycles. The normalized spacial score (nSPS) is 13.0. The fourth-order valence-electron chi connectivity index (χ4n) is 4.16. The minimum Gasteiger partial charge on any atom is -0.497 e. The highest BCUT2D eigenvalue weighted by Gasteiger charge is 2.27. The third-order valence-electron chi connectivity index (χ3n) is 6.06. The zero-order chi connectivity index (χ0) is 25.9. The van der Waals surface area contributed by atoms with Crippen molar-refractivity contribution >= 4 is 43.7 Å². The van der Waals surface area contributed by atoms with Crippen LogP contribution in [0.3, 0.4) is 0 Å². The zero-order valence-electron chi connectivity index (χ0n) is 20.3. The van der Waals surface area contributed by atoms with Crippen LogP contribution in [-0.2, 0) is 32.2 Å². The van der Waals surface area contributed by atoms with Gasteiger partial charge < -0.3 is 20.1 Å². The minimum atomic E-state index is -3.88. The minimum absolute atomic E-state index is 0.000315. The Bertz CT molecular complexity index is 1390. The smallest absolute Gasteiger partial charge is 0.341 e. The van der Waals surface area contributed by atoms with Crippen LogP contribution in [0.4, 0.5) is 10.7 Å². The number of fused-ring (bicyclic) bond motifs is 1. The summed E-state index contributed by atoms with van der Waals surface area (Å²) in [5.41, 5.74) is 2.57. The summed E-state index contributed by atoms with van der Waals surface area (Å²) in [5, 5.41) is 6.21. The molecule has 0 spiro atoms. The summed E-state index contributed by atoms with van der Waals surface area (Å²) in [5.74, 6) is -0.505. The molecule has 2 aromatic carbocycles. The Morgan fingerprint density at radius 2 is 1.75 bits per heavy atom. The molecule has 0 saturated heterocycles. The van der Waals surface area contributed by atoms with E-state index in [9.17, 15) is 18.0 Å². The number of hydrogen-bond acceptors (Lipinski definition) is 8. The van der Waals surface area contributed by atoms with E-state index < -0.39 is 21.7 Å². The molecule has 3 aromatic rings. The predicted molar refractivity (Wildman–Crippen MR) is 139 cm³/mol. The van der Waals surface area contributed by atoms with Crippen LogP contribution >= 0.6 is 11.3 Å². The number of rotatable bonds is 8. The number of hydrogen-bond donors (Lipinski definition) is 2. The molecule has 1 heterocycles. The number of carbonyl (C=O) groups excluding carboxylic acids is 2. The first-order valence-electron chi connectivity index (χ1n) is 11.5. The maximum atomic E-state index is 13.4. The van der Waals surface area contributed by atoms with Gasteiger partial charge in [0.05, 0.1) is 41.8 Å². The fraction of sp³-hybridized carbons (Fsp3) is 0.308. The molecule has 0 radical (unpaired) electrons. The largest absolute Gasteiger partial charge is 0.497 e. The lowest BCUT2D eigenvalue weighted by Gasteiger charge is -2.14. The van der Waals surface area contributed by atoms with Gasteiger partial charge in [-0.3, -0.25) is 4.79 Å². The van der Waals surface area contributed by atoms with Crippen molar-refractivity contribution < 1.29 is 27.5 Å². The molecule has 1 amide bonds. The SMILES string of the molecule is COC(=O)c1c(NC(=O)CNc2ccc(OC)cc2S(=O)(=O)c2ccc(C)cc2)sc2c1CCCC2. The Morgan fingerprint density at radius 3 is 2.44 bits per heavy atom. The van der Waals surface area contributed by atoms with Gasteiger partial charge in [-0.15, -0.1) is 11.3 Å². The number of sulfone groups is 1. The molecule has 1 aliphatic rings. The van der Waals surface area contributed by atoms with Gasteiger partial charge in [0.1, 0.15) is 10.8 Å². The summed E-state index contributed by atoms with van der Waals surface area (Å²) in [4.78, 5) is 26.5. The fourth-order valence-corrected chi connectivity index (χ4v) is 6.90. The first kappa shape index (κ1) is 25.7. The number of nitrogens with one attached hydrogen (secondary N) is 2. The second-order valence-corrected chi connectivity index (χ2v) is 11.5. The molecule has 0 aliphatic heterocycles. The molecule has 190 valence electrons. The number of thiophene rings is 1. The van der Waals surface area contributed by atoms with Gasteiger partial charge in [-0.2, -0.15) is 0 Å². The van der Waals surface area contributed by atoms with E-state index in [1.807, 2.05) is 6.92 Å². The van der Waals surface area contributed by atoms with Crippen molar-refractivity contribution in [3.8, 4) is 5.75 Å². The molecular formula is C26H28N2O6S2. The summed E-state index contributed by atoms with van der Waals surface area (Å²) < 4.78 is 37.0. The Morgan fingerprint density at radius 1 is 1.03 bits per heavy atom. The third kappa shape index (κ3) is 5.24. The molecule has 0 saturated carbocycles. The molecule has 0 fully saturated rings. The van der Waals surface area contributed by atoms with Crippen LogP contribution in [-0.4, -0.2) is 41.1 Å². The van der Waals surface area contributed by atoms with Crippen LogP contribution in [0.5, 0.6) is 5.75 Å². The number of benzene rings is 2. The van der Waals surface area contributed by atoms with Gasteiger partial charge in [-0.1, -0.05) is 17.7 Å². The number of ether oxygens (including phenoxy) is 2.